The van der Waals surface area contributed by atoms with Crippen LogP contribution in [0.2, 0.25) is 0 Å². The van der Waals surface area contributed by atoms with Crippen LogP contribution in [-0.2, 0) is 9.59 Å². The molecule has 18 heavy (non-hydrogen) atoms. The summed E-state index contributed by atoms with van der Waals surface area (Å²) in [5.74, 6) is 1.36. The van der Waals surface area contributed by atoms with Crippen LogP contribution in [0.5, 0.6) is 0 Å². The molecule has 0 aromatic heterocycles. The van der Waals surface area contributed by atoms with Crippen molar-refractivity contribution in [1.82, 2.24) is 10.6 Å². The normalized spacial score (nSPS) is 28.6. The van der Waals surface area contributed by atoms with Gasteiger partial charge in [0, 0.05) is 30.9 Å². The summed E-state index contributed by atoms with van der Waals surface area (Å²) < 4.78 is 0. The zero-order chi connectivity index (χ0) is 13.4. The first-order chi connectivity index (χ1) is 8.69. The van der Waals surface area contributed by atoms with Gasteiger partial charge in [0.15, 0.2) is 11.6 Å². The molecular weight excluding hydrogens is 268 g/mol. The summed E-state index contributed by atoms with van der Waals surface area (Å²) in [7, 11) is 0. The first-order valence-electron chi connectivity index (χ1n) is 6.43. The molecule has 1 aliphatic rings. The van der Waals surface area contributed by atoms with Gasteiger partial charge in [-0.15, -0.1) is 0 Å². The van der Waals surface area contributed by atoms with Crippen molar-refractivity contribution >= 4 is 36.8 Å². The maximum atomic E-state index is 11.9. The van der Waals surface area contributed by atoms with E-state index < -0.39 is 0 Å². The molecule has 2 unspecified atom stereocenters. The number of ketones is 2. The largest absolute Gasteiger partial charge is 0.307 e. The van der Waals surface area contributed by atoms with E-state index in [4.69, 9.17) is 0 Å². The van der Waals surface area contributed by atoms with Crippen LogP contribution in [0.15, 0.2) is 0 Å². The van der Waals surface area contributed by atoms with E-state index in [1.54, 1.807) is 0 Å². The first-order valence-corrected chi connectivity index (χ1v) is 7.69. The maximum absolute atomic E-state index is 11.9. The zero-order valence-electron chi connectivity index (χ0n) is 10.5. The van der Waals surface area contributed by atoms with E-state index in [0.29, 0.717) is 30.9 Å². The Balaban J connectivity index is 2.55. The maximum Gasteiger partial charge on any atom is 0.151 e. The molecule has 6 heteroatoms. The molecule has 0 aromatic carbocycles. The number of carbonyl (C=O) groups is 2. The number of thiol groups is 2. The Morgan fingerprint density at radius 2 is 1.44 bits per heavy atom. The van der Waals surface area contributed by atoms with Crippen LogP contribution in [-0.4, -0.2) is 48.2 Å². The van der Waals surface area contributed by atoms with Crippen LogP contribution in [0.25, 0.3) is 0 Å². The highest BCUT2D eigenvalue weighted by atomic mass is 32.1. The van der Waals surface area contributed by atoms with Crippen molar-refractivity contribution in [3.8, 4) is 0 Å². The van der Waals surface area contributed by atoms with Gasteiger partial charge in [0.25, 0.3) is 0 Å². The first kappa shape index (κ1) is 16.0. The highest BCUT2D eigenvalue weighted by Gasteiger charge is 2.20. The monoisotopic (exact) mass is 290 g/mol. The zero-order valence-corrected chi connectivity index (χ0v) is 12.3. The molecule has 4 nitrogen and oxygen atoms in total. The van der Waals surface area contributed by atoms with Gasteiger partial charge in [0.1, 0.15) is 0 Å². The molecule has 1 aliphatic heterocycles. The van der Waals surface area contributed by atoms with Gasteiger partial charge in [-0.25, -0.2) is 0 Å². The summed E-state index contributed by atoms with van der Waals surface area (Å²) in [5.41, 5.74) is 0. The van der Waals surface area contributed by atoms with Crippen LogP contribution in [0, 0.1) is 0 Å². The molecule has 1 heterocycles. The minimum absolute atomic E-state index is 0.156. The average molecular weight is 290 g/mol. The third kappa shape index (κ3) is 5.30. The van der Waals surface area contributed by atoms with Gasteiger partial charge in [-0.1, -0.05) is 0 Å². The number of Topliss-reactive ketones (excluding diaryl/α,β-unsaturated/α-hetero) is 2. The van der Waals surface area contributed by atoms with Crippen LogP contribution in [0.4, 0.5) is 0 Å². The number of nitrogens with one attached hydrogen (secondary N) is 2. The molecule has 0 saturated carbocycles. The molecular formula is C12H22N2O2S2. The summed E-state index contributed by atoms with van der Waals surface area (Å²) in [4.78, 5) is 23.7. The minimum atomic E-state index is -0.219. The standard InChI is InChI=1S/C12H22N2O2S2/c15-11-3-1-2-5-13-10(8-18)12(16)4-6-14-9(11)7-17/h9-10,13-14,17-18H,1-8H2. The highest BCUT2D eigenvalue weighted by Crippen LogP contribution is 2.04. The molecule has 2 N–H and O–H groups in total. The number of carbonyl (C=O) groups excluding carboxylic acids is 2. The molecule has 0 spiro atoms. The Bertz CT molecular complexity index is 287. The van der Waals surface area contributed by atoms with Crippen molar-refractivity contribution in [2.24, 2.45) is 0 Å². The fraction of sp³-hybridized carbons (Fsp3) is 0.833. The lowest BCUT2D eigenvalue weighted by Crippen LogP contribution is -2.44. The van der Waals surface area contributed by atoms with Crippen molar-refractivity contribution in [2.45, 2.75) is 37.8 Å². The second-order valence-electron chi connectivity index (χ2n) is 4.52. The van der Waals surface area contributed by atoms with Crippen molar-refractivity contribution in [2.75, 3.05) is 24.6 Å². The van der Waals surface area contributed by atoms with E-state index in [1.807, 2.05) is 0 Å². The second-order valence-corrected chi connectivity index (χ2v) is 5.25. The fourth-order valence-corrected chi connectivity index (χ4v) is 2.64. The van der Waals surface area contributed by atoms with Gasteiger partial charge < -0.3 is 10.6 Å². The van der Waals surface area contributed by atoms with Gasteiger partial charge in [-0.05, 0) is 19.4 Å². The highest BCUT2D eigenvalue weighted by molar-refractivity contribution is 7.80. The summed E-state index contributed by atoms with van der Waals surface area (Å²) in [5, 5.41) is 6.31. The smallest absolute Gasteiger partial charge is 0.151 e. The minimum Gasteiger partial charge on any atom is -0.307 e. The van der Waals surface area contributed by atoms with Gasteiger partial charge in [-0.3, -0.25) is 9.59 Å². The molecule has 1 saturated heterocycles. The molecule has 0 amide bonds. The third-order valence-corrected chi connectivity index (χ3v) is 3.88. The van der Waals surface area contributed by atoms with Crippen LogP contribution in [0.3, 0.4) is 0 Å². The quantitative estimate of drug-likeness (QED) is 0.559. The Morgan fingerprint density at radius 1 is 0.889 bits per heavy atom. The molecule has 0 bridgehead atoms. The van der Waals surface area contributed by atoms with E-state index in [2.05, 4.69) is 35.9 Å². The Kier molecular flexibility index (Phi) is 7.97. The molecule has 104 valence electrons. The van der Waals surface area contributed by atoms with E-state index in [1.165, 1.54) is 0 Å². The molecule has 1 fully saturated rings. The van der Waals surface area contributed by atoms with E-state index in [9.17, 15) is 9.59 Å². The lowest BCUT2D eigenvalue weighted by atomic mass is 10.1. The summed E-state index contributed by atoms with van der Waals surface area (Å²) in [6, 6.07) is -0.386. The second kappa shape index (κ2) is 8.96. The molecule has 0 aliphatic carbocycles. The number of hydrogen-bond donors (Lipinski definition) is 4. The summed E-state index contributed by atoms with van der Waals surface area (Å²) in [6.45, 7) is 1.30. The predicted molar refractivity (Wildman–Crippen MR) is 79.8 cm³/mol. The van der Waals surface area contributed by atoms with Crippen molar-refractivity contribution in [3.63, 3.8) is 0 Å². The van der Waals surface area contributed by atoms with E-state index in [-0.39, 0.29) is 23.7 Å². The van der Waals surface area contributed by atoms with Crippen molar-refractivity contribution in [3.05, 3.63) is 0 Å². The van der Waals surface area contributed by atoms with E-state index in [0.717, 1.165) is 19.4 Å². The van der Waals surface area contributed by atoms with Gasteiger partial charge in [0.2, 0.25) is 0 Å². The van der Waals surface area contributed by atoms with Crippen LogP contribution in [0.1, 0.15) is 25.7 Å². The molecule has 2 atom stereocenters. The SMILES string of the molecule is O=C1CCCCNC(CS)C(=O)CCNC1CS. The lowest BCUT2D eigenvalue weighted by molar-refractivity contribution is -0.122. The van der Waals surface area contributed by atoms with Crippen LogP contribution < -0.4 is 10.6 Å². The Morgan fingerprint density at radius 3 is 2.06 bits per heavy atom. The van der Waals surface area contributed by atoms with Crippen LogP contribution >= 0.6 is 25.3 Å². The molecule has 1 rings (SSSR count). The topological polar surface area (TPSA) is 58.2 Å². The fourth-order valence-electron chi connectivity index (χ4n) is 1.98. The third-order valence-electron chi connectivity index (χ3n) is 3.15. The average Bonchev–Trinajstić information content (AvgIpc) is 2.37. The summed E-state index contributed by atoms with van der Waals surface area (Å²) >= 11 is 8.38. The molecule has 0 radical (unpaired) electrons. The van der Waals surface area contributed by atoms with Gasteiger partial charge in [0.05, 0.1) is 12.1 Å². The van der Waals surface area contributed by atoms with Gasteiger partial charge >= 0.3 is 0 Å². The Labute approximate surface area is 119 Å². The predicted octanol–water partition coefficient (Wildman–Crippen LogP) is 0.475. The van der Waals surface area contributed by atoms with Gasteiger partial charge in [-0.2, -0.15) is 25.3 Å². The van der Waals surface area contributed by atoms with E-state index >= 15 is 0 Å². The number of hydrogen-bond acceptors (Lipinski definition) is 6. The lowest BCUT2D eigenvalue weighted by Gasteiger charge is -2.19. The Hall–Kier alpha value is -0.0400. The number of rotatable bonds is 2. The summed E-state index contributed by atoms with van der Waals surface area (Å²) in [6.07, 6.45) is 2.77. The molecule has 0 aromatic rings. The van der Waals surface area contributed by atoms with Crippen molar-refractivity contribution in [1.29, 1.82) is 0 Å². The van der Waals surface area contributed by atoms with Crippen molar-refractivity contribution < 1.29 is 9.59 Å².